The maximum Gasteiger partial charge on any atom is 0.290 e. The number of pyridine rings is 2. The molecule has 3 heterocycles. The average molecular weight is 460 g/mol. The number of anilines is 3. The van der Waals surface area contributed by atoms with E-state index in [9.17, 15) is 0 Å². The van der Waals surface area contributed by atoms with Crippen LogP contribution in [0.2, 0.25) is 0 Å². The predicted molar refractivity (Wildman–Crippen MR) is 142 cm³/mol. The van der Waals surface area contributed by atoms with Crippen LogP contribution in [0.25, 0.3) is 22.5 Å². The van der Waals surface area contributed by atoms with Crippen molar-refractivity contribution in [1.82, 2.24) is 0 Å². The van der Waals surface area contributed by atoms with Crippen LogP contribution in [0.5, 0.6) is 0 Å². The van der Waals surface area contributed by atoms with Crippen molar-refractivity contribution < 1.29 is 9.13 Å². The highest BCUT2D eigenvalue weighted by molar-refractivity contribution is 7.27. The van der Waals surface area contributed by atoms with Crippen molar-refractivity contribution in [1.29, 1.82) is 0 Å². The van der Waals surface area contributed by atoms with Gasteiger partial charge in [-0.15, -0.1) is 9.24 Å². The van der Waals surface area contributed by atoms with Gasteiger partial charge < -0.3 is 0 Å². The fourth-order valence-corrected chi connectivity index (χ4v) is 5.32. The number of benzene rings is 3. The third-order valence-corrected chi connectivity index (χ3v) is 7.11. The van der Waals surface area contributed by atoms with E-state index in [-0.39, 0.29) is 0 Å². The van der Waals surface area contributed by atoms with Gasteiger partial charge in [-0.1, -0.05) is 66.7 Å². The minimum atomic E-state index is 0.766. The lowest BCUT2D eigenvalue weighted by Gasteiger charge is -2.20. The van der Waals surface area contributed by atoms with E-state index in [0.29, 0.717) is 0 Å². The first kappa shape index (κ1) is 20.8. The monoisotopic (exact) mass is 459 g/mol. The van der Waals surface area contributed by atoms with Gasteiger partial charge in [0.2, 0.25) is 0 Å². The molecule has 1 atom stereocenters. The van der Waals surface area contributed by atoms with Gasteiger partial charge in [-0.05, 0) is 41.7 Å². The van der Waals surface area contributed by atoms with Gasteiger partial charge in [-0.3, -0.25) is 0 Å². The highest BCUT2D eigenvalue weighted by Crippen LogP contribution is 2.34. The Bertz CT molecular complexity index is 1510. The molecule has 0 aliphatic carbocycles. The number of hydrogen-bond acceptors (Lipinski definition) is 1. The topological polar surface area (TPSA) is 11.0 Å². The molecular formula is C30H26N3P+2. The van der Waals surface area contributed by atoms with Crippen LogP contribution in [0, 0.1) is 0 Å². The van der Waals surface area contributed by atoms with Crippen LogP contribution < -0.4 is 19.3 Å². The van der Waals surface area contributed by atoms with E-state index in [4.69, 9.17) is 0 Å². The standard InChI is InChI=1S/C30H26N3P/c1-31-26-16-9-19-29(31)33(23-12-3-2-4-13-23)30-20-10-17-27(25-15-7-8-18-28(25)34)32(30)21-22-11-5-6-14-24(22)26/h2-20H,21,34H2,1H3/q+2. The highest BCUT2D eigenvalue weighted by Gasteiger charge is 2.33. The van der Waals surface area contributed by atoms with Gasteiger partial charge in [0.15, 0.2) is 0 Å². The second-order valence-electron chi connectivity index (χ2n) is 8.60. The summed E-state index contributed by atoms with van der Waals surface area (Å²) in [6.07, 6.45) is 0. The molecule has 0 amide bonds. The zero-order valence-corrected chi connectivity index (χ0v) is 20.3. The van der Waals surface area contributed by atoms with E-state index in [1.165, 1.54) is 33.4 Å². The number of nitrogens with zero attached hydrogens (tertiary/aromatic N) is 3. The van der Waals surface area contributed by atoms with Crippen LogP contribution in [0.1, 0.15) is 5.56 Å². The summed E-state index contributed by atoms with van der Waals surface area (Å²) in [5.41, 5.74) is 7.30. The molecular weight excluding hydrogens is 433 g/mol. The number of aromatic nitrogens is 2. The maximum absolute atomic E-state index is 2.90. The molecule has 2 bridgehead atoms. The van der Waals surface area contributed by atoms with Crippen LogP contribution in [0.15, 0.2) is 115 Å². The van der Waals surface area contributed by atoms with Gasteiger partial charge in [0.25, 0.3) is 11.6 Å². The Morgan fingerprint density at radius 1 is 0.618 bits per heavy atom. The van der Waals surface area contributed by atoms with Crippen molar-refractivity contribution in [2.24, 2.45) is 7.05 Å². The molecule has 3 nitrogen and oxygen atoms in total. The zero-order valence-electron chi connectivity index (χ0n) is 19.1. The van der Waals surface area contributed by atoms with Gasteiger partial charge >= 0.3 is 0 Å². The number of rotatable bonds is 2. The van der Waals surface area contributed by atoms with Crippen LogP contribution in [-0.2, 0) is 13.6 Å². The molecule has 6 rings (SSSR count). The fraction of sp³-hybridized carbons (Fsp3) is 0.0667. The first-order valence-electron chi connectivity index (χ1n) is 11.5. The van der Waals surface area contributed by atoms with E-state index in [0.717, 1.165) is 23.9 Å². The summed E-state index contributed by atoms with van der Waals surface area (Å²) in [4.78, 5) is 2.37. The summed E-state index contributed by atoms with van der Waals surface area (Å²) in [6.45, 7) is 0.766. The van der Waals surface area contributed by atoms with E-state index < -0.39 is 0 Å². The molecule has 0 spiro atoms. The van der Waals surface area contributed by atoms with E-state index in [1.54, 1.807) is 0 Å². The summed E-state index contributed by atoms with van der Waals surface area (Å²) >= 11 is 0. The minimum Gasteiger partial charge on any atom is -0.229 e. The Labute approximate surface area is 202 Å². The molecule has 0 N–H and O–H groups in total. The molecule has 0 saturated carbocycles. The Balaban J connectivity index is 1.74. The van der Waals surface area contributed by atoms with Crippen LogP contribution in [0.3, 0.4) is 0 Å². The van der Waals surface area contributed by atoms with Gasteiger partial charge in [-0.25, -0.2) is 9.13 Å². The number of fused-ring (bicyclic) bond motifs is 5. The van der Waals surface area contributed by atoms with E-state index >= 15 is 0 Å². The quantitative estimate of drug-likeness (QED) is 0.247. The number of para-hydroxylation sites is 1. The van der Waals surface area contributed by atoms with Gasteiger partial charge in [-0.2, -0.15) is 4.90 Å². The molecule has 1 aliphatic rings. The molecule has 1 unspecified atom stereocenters. The van der Waals surface area contributed by atoms with Gasteiger partial charge in [0, 0.05) is 28.8 Å². The lowest BCUT2D eigenvalue weighted by atomic mass is 10.0. The van der Waals surface area contributed by atoms with E-state index in [1.807, 2.05) is 0 Å². The molecule has 34 heavy (non-hydrogen) atoms. The Kier molecular flexibility index (Phi) is 5.20. The summed E-state index contributed by atoms with van der Waals surface area (Å²) < 4.78 is 4.75. The van der Waals surface area contributed by atoms with Crippen LogP contribution in [-0.4, -0.2) is 0 Å². The third-order valence-electron chi connectivity index (χ3n) is 6.60. The van der Waals surface area contributed by atoms with Crippen molar-refractivity contribution in [3.8, 4) is 22.5 Å². The maximum atomic E-state index is 2.90. The SMILES string of the molecule is C[n+]1c2cccc1N(c1ccccc1)c1cccc(-c3ccccc3P)[n+]1Cc1ccccc1-2. The molecule has 5 aromatic rings. The lowest BCUT2D eigenvalue weighted by molar-refractivity contribution is -0.666. The number of hydrogen-bond donors (Lipinski definition) is 0. The van der Waals surface area contributed by atoms with Crippen LogP contribution in [0.4, 0.5) is 17.3 Å². The molecule has 0 saturated heterocycles. The van der Waals surface area contributed by atoms with Gasteiger partial charge in [0.1, 0.15) is 23.6 Å². The fourth-order valence-electron chi connectivity index (χ4n) is 4.96. The predicted octanol–water partition coefficient (Wildman–Crippen LogP) is 5.46. The molecule has 0 fully saturated rings. The largest absolute Gasteiger partial charge is 0.290 e. The van der Waals surface area contributed by atoms with Crippen molar-refractivity contribution in [2.45, 2.75) is 6.54 Å². The molecule has 4 heteroatoms. The zero-order chi connectivity index (χ0) is 23.1. The first-order chi connectivity index (χ1) is 16.7. The normalized spacial score (nSPS) is 12.2. The Morgan fingerprint density at radius 3 is 2.06 bits per heavy atom. The Hall–Kier alpha value is -3.81. The van der Waals surface area contributed by atoms with Crippen molar-refractivity contribution in [3.63, 3.8) is 0 Å². The summed E-state index contributed by atoms with van der Waals surface area (Å²) in [7, 11) is 5.07. The van der Waals surface area contributed by atoms with Gasteiger partial charge in [0.05, 0.1) is 7.05 Å². The molecule has 3 aromatic carbocycles. The molecule has 164 valence electrons. The summed E-state index contributed by atoms with van der Waals surface area (Å²) in [6, 6.07) is 41.2. The van der Waals surface area contributed by atoms with Crippen molar-refractivity contribution >= 4 is 31.9 Å². The second kappa shape index (κ2) is 8.52. The highest BCUT2D eigenvalue weighted by atomic mass is 31.0. The molecule has 2 aromatic heterocycles. The average Bonchev–Trinajstić information content (AvgIpc) is 2.89. The Morgan fingerprint density at radius 2 is 1.26 bits per heavy atom. The molecule has 1 aliphatic heterocycles. The van der Waals surface area contributed by atoms with E-state index in [2.05, 4.69) is 146 Å². The summed E-state index contributed by atoms with van der Waals surface area (Å²) in [5, 5.41) is 1.19. The second-order valence-corrected chi connectivity index (χ2v) is 9.22. The van der Waals surface area contributed by atoms with Crippen LogP contribution >= 0.6 is 9.24 Å². The minimum absolute atomic E-state index is 0.766. The van der Waals surface area contributed by atoms with Crippen molar-refractivity contribution in [3.05, 3.63) is 121 Å². The lowest BCUT2D eigenvalue weighted by Crippen LogP contribution is -2.44. The third kappa shape index (κ3) is 3.41. The summed E-state index contributed by atoms with van der Waals surface area (Å²) in [5.74, 6) is 2.24. The van der Waals surface area contributed by atoms with Crippen molar-refractivity contribution in [2.75, 3.05) is 4.90 Å². The first-order valence-corrected chi connectivity index (χ1v) is 12.1. The smallest absolute Gasteiger partial charge is 0.229 e. The molecule has 0 radical (unpaired) electrons.